The van der Waals surface area contributed by atoms with Crippen molar-refractivity contribution in [1.29, 1.82) is 0 Å². The maximum Gasteiger partial charge on any atom is -0.0184 e. The molecule has 170 valence electrons. The zero-order valence-corrected chi connectivity index (χ0v) is 20.3. The molecule has 0 unspecified atom stereocenters. The predicted molar refractivity (Wildman–Crippen MR) is 141 cm³/mol. The zero-order chi connectivity index (χ0) is 22.2. The lowest BCUT2D eigenvalue weighted by Crippen LogP contribution is -2.25. The van der Waals surface area contributed by atoms with Gasteiger partial charge in [0.25, 0.3) is 0 Å². The Bertz CT molecular complexity index is 851. The molecule has 0 aromatic heterocycles. The summed E-state index contributed by atoms with van der Waals surface area (Å²) in [4.78, 5) is 0. The molecule has 0 atom stereocenters. The summed E-state index contributed by atoms with van der Waals surface area (Å²) in [5.41, 5.74) is 5.40. The lowest BCUT2D eigenvalue weighted by atomic mass is 9.69. The minimum Gasteiger partial charge on any atom is -0.0914 e. The van der Waals surface area contributed by atoms with Gasteiger partial charge < -0.3 is 0 Å². The number of allylic oxidation sites excluding steroid dienone is 3. The Morgan fingerprint density at radius 3 is 1.66 bits per heavy atom. The first-order chi connectivity index (χ1) is 15.7. The largest absolute Gasteiger partial charge is 0.0914 e. The normalized spacial score (nSPS) is 26.7. The summed E-state index contributed by atoms with van der Waals surface area (Å²) in [6.07, 6.45) is 23.4. The van der Waals surface area contributed by atoms with Crippen molar-refractivity contribution in [3.8, 4) is 11.1 Å². The number of benzene rings is 2. The summed E-state index contributed by atoms with van der Waals surface area (Å²) in [6.45, 7) is 4.41. The fourth-order valence-corrected chi connectivity index (χ4v) is 6.08. The second-order valence-electron chi connectivity index (χ2n) is 10.3. The second-order valence-corrected chi connectivity index (χ2v) is 10.3. The van der Waals surface area contributed by atoms with Gasteiger partial charge in [-0.2, -0.15) is 0 Å². The maximum absolute atomic E-state index is 2.49. The quantitative estimate of drug-likeness (QED) is 0.387. The van der Waals surface area contributed by atoms with Crippen LogP contribution in [-0.2, 0) is 6.42 Å². The molecule has 0 heteroatoms. The first-order valence-corrected chi connectivity index (χ1v) is 13.3. The molecule has 0 amide bonds. The van der Waals surface area contributed by atoms with Gasteiger partial charge in [-0.3, -0.25) is 0 Å². The standard InChI is InChI=1S/C32H42/c1-3-5-25-9-17-29(18-10-25)31-21-13-27(14-22-31)7-8-28-15-23-32(24-16-28)30-19-11-26(6-4-2)12-20-30/h3,5,7-8,11-12,15-16,19-20,23-25,27,29,31H,4,6,9-10,13-14,17-18,21-22H2,1-2H3/b5-3+,8-7+. The fourth-order valence-electron chi connectivity index (χ4n) is 6.08. The van der Waals surface area contributed by atoms with Crippen LogP contribution in [-0.4, -0.2) is 0 Å². The average molecular weight is 427 g/mol. The maximum atomic E-state index is 2.49. The lowest BCUT2D eigenvalue weighted by molar-refractivity contribution is 0.166. The van der Waals surface area contributed by atoms with Crippen LogP contribution in [0.3, 0.4) is 0 Å². The summed E-state index contributed by atoms with van der Waals surface area (Å²) in [5.74, 6) is 3.64. The van der Waals surface area contributed by atoms with Gasteiger partial charge in [-0.05, 0) is 111 Å². The topological polar surface area (TPSA) is 0 Å². The molecule has 2 aromatic rings. The van der Waals surface area contributed by atoms with E-state index in [1.807, 2.05) is 0 Å². The molecule has 0 spiro atoms. The van der Waals surface area contributed by atoms with Crippen molar-refractivity contribution in [3.63, 3.8) is 0 Å². The van der Waals surface area contributed by atoms with E-state index >= 15 is 0 Å². The first-order valence-electron chi connectivity index (χ1n) is 13.3. The Labute approximate surface area is 196 Å². The molecule has 0 bridgehead atoms. The molecular weight excluding hydrogens is 384 g/mol. The van der Waals surface area contributed by atoms with Crippen molar-refractivity contribution in [2.24, 2.45) is 23.7 Å². The van der Waals surface area contributed by atoms with E-state index in [9.17, 15) is 0 Å². The Balaban J connectivity index is 1.25. The van der Waals surface area contributed by atoms with Gasteiger partial charge in [-0.25, -0.2) is 0 Å². The summed E-state index contributed by atoms with van der Waals surface area (Å²) >= 11 is 0. The van der Waals surface area contributed by atoms with E-state index in [1.54, 1.807) is 0 Å². The first kappa shape index (κ1) is 23.1. The minimum absolute atomic E-state index is 0.774. The summed E-state index contributed by atoms with van der Waals surface area (Å²) in [7, 11) is 0. The minimum atomic E-state index is 0.774. The van der Waals surface area contributed by atoms with Crippen molar-refractivity contribution < 1.29 is 0 Å². The van der Waals surface area contributed by atoms with E-state index in [0.29, 0.717) is 0 Å². The summed E-state index contributed by atoms with van der Waals surface area (Å²) < 4.78 is 0. The fraction of sp³-hybridized carbons (Fsp3) is 0.500. The highest BCUT2D eigenvalue weighted by Crippen LogP contribution is 2.42. The van der Waals surface area contributed by atoms with Crippen molar-refractivity contribution in [1.82, 2.24) is 0 Å². The third-order valence-corrected chi connectivity index (χ3v) is 8.06. The van der Waals surface area contributed by atoms with E-state index in [0.717, 1.165) is 23.7 Å². The molecule has 0 radical (unpaired) electrons. The molecule has 2 aliphatic carbocycles. The van der Waals surface area contributed by atoms with Gasteiger partial charge in [0.1, 0.15) is 0 Å². The van der Waals surface area contributed by atoms with Crippen molar-refractivity contribution in [3.05, 3.63) is 77.9 Å². The van der Waals surface area contributed by atoms with E-state index in [2.05, 4.69) is 86.7 Å². The van der Waals surface area contributed by atoms with E-state index in [4.69, 9.17) is 0 Å². The van der Waals surface area contributed by atoms with E-state index < -0.39 is 0 Å². The third-order valence-electron chi connectivity index (χ3n) is 8.06. The SMILES string of the molecule is C/C=C/C1CCC(C2CCC(/C=C/c3ccc(-c4ccc(CCC)cc4)cc3)CC2)CC1. The van der Waals surface area contributed by atoms with Gasteiger partial charge in [-0.15, -0.1) is 0 Å². The van der Waals surface area contributed by atoms with E-state index in [-0.39, 0.29) is 0 Å². The van der Waals surface area contributed by atoms with Crippen molar-refractivity contribution >= 4 is 6.08 Å². The van der Waals surface area contributed by atoms with Crippen molar-refractivity contribution in [2.45, 2.75) is 78.1 Å². The van der Waals surface area contributed by atoms with Crippen molar-refractivity contribution in [2.75, 3.05) is 0 Å². The lowest BCUT2D eigenvalue weighted by Gasteiger charge is -2.36. The van der Waals surface area contributed by atoms with Crippen LogP contribution >= 0.6 is 0 Å². The summed E-state index contributed by atoms with van der Waals surface area (Å²) in [5, 5.41) is 0. The van der Waals surface area contributed by atoms with Gasteiger partial charge in [0.2, 0.25) is 0 Å². The highest BCUT2D eigenvalue weighted by atomic mass is 14.3. The van der Waals surface area contributed by atoms with Gasteiger partial charge in [0, 0.05) is 0 Å². The monoisotopic (exact) mass is 426 g/mol. The average Bonchev–Trinajstić information content (AvgIpc) is 2.85. The molecule has 32 heavy (non-hydrogen) atoms. The number of hydrogen-bond donors (Lipinski definition) is 0. The Kier molecular flexibility index (Phi) is 8.43. The second kappa shape index (κ2) is 11.7. The molecule has 2 fully saturated rings. The number of hydrogen-bond acceptors (Lipinski definition) is 0. The van der Waals surface area contributed by atoms with Gasteiger partial charge in [0.05, 0.1) is 0 Å². The van der Waals surface area contributed by atoms with Crippen LogP contribution in [0, 0.1) is 23.7 Å². The Morgan fingerprint density at radius 2 is 1.16 bits per heavy atom. The van der Waals surface area contributed by atoms with Crippen LogP contribution in [0.15, 0.2) is 66.8 Å². The van der Waals surface area contributed by atoms with Gasteiger partial charge in [0.15, 0.2) is 0 Å². The van der Waals surface area contributed by atoms with Crippen LogP contribution in [0.5, 0.6) is 0 Å². The summed E-state index contributed by atoms with van der Waals surface area (Å²) in [6, 6.07) is 18.2. The van der Waals surface area contributed by atoms with Crippen LogP contribution in [0.25, 0.3) is 17.2 Å². The van der Waals surface area contributed by atoms with Crippen LogP contribution < -0.4 is 0 Å². The van der Waals surface area contributed by atoms with E-state index in [1.165, 1.54) is 86.5 Å². The molecule has 0 saturated heterocycles. The molecule has 4 rings (SSSR count). The highest BCUT2D eigenvalue weighted by Gasteiger charge is 2.29. The molecule has 0 heterocycles. The zero-order valence-electron chi connectivity index (χ0n) is 20.3. The number of rotatable bonds is 7. The van der Waals surface area contributed by atoms with Gasteiger partial charge >= 0.3 is 0 Å². The Hall–Kier alpha value is -2.08. The molecule has 0 nitrogen and oxygen atoms in total. The predicted octanol–water partition coefficient (Wildman–Crippen LogP) is 9.51. The molecular formula is C32H42. The third kappa shape index (κ3) is 6.25. The number of aryl methyl sites for hydroxylation is 1. The molecule has 0 N–H and O–H groups in total. The highest BCUT2D eigenvalue weighted by molar-refractivity contribution is 5.66. The van der Waals surface area contributed by atoms with Crippen LogP contribution in [0.1, 0.15) is 82.8 Å². The smallest absolute Gasteiger partial charge is 0.0184 e. The van der Waals surface area contributed by atoms with Crippen LogP contribution in [0.2, 0.25) is 0 Å². The molecule has 2 saturated carbocycles. The molecule has 2 aromatic carbocycles. The molecule has 2 aliphatic rings. The molecule has 0 aliphatic heterocycles. The van der Waals surface area contributed by atoms with Gasteiger partial charge in [-0.1, -0.05) is 86.2 Å². The van der Waals surface area contributed by atoms with Crippen LogP contribution in [0.4, 0.5) is 0 Å². The Morgan fingerprint density at radius 1 is 0.656 bits per heavy atom.